The third kappa shape index (κ3) is 2.99. The highest BCUT2D eigenvalue weighted by Gasteiger charge is 2.38. The summed E-state index contributed by atoms with van der Waals surface area (Å²) in [5, 5.41) is 0. The molecule has 1 aliphatic heterocycles. The molecule has 0 radical (unpaired) electrons. The molecule has 0 atom stereocenters. The van der Waals surface area contributed by atoms with Gasteiger partial charge in [-0.05, 0) is 44.5 Å². The molecule has 116 valence electrons. The molecule has 0 spiro atoms. The average molecular weight is 364 g/mol. The van der Waals surface area contributed by atoms with Gasteiger partial charge >= 0.3 is 5.97 Å². The molecule has 1 heterocycles. The number of halogens is 1. The van der Waals surface area contributed by atoms with Gasteiger partial charge in [0.1, 0.15) is 0 Å². The Morgan fingerprint density at radius 3 is 2.36 bits per heavy atom. The van der Waals surface area contributed by atoms with Gasteiger partial charge in [-0.25, -0.2) is 4.79 Å². The van der Waals surface area contributed by atoms with E-state index in [0.717, 1.165) is 10.0 Å². The van der Waals surface area contributed by atoms with Crippen molar-refractivity contribution in [1.82, 2.24) is 4.90 Å². The molecule has 4 nitrogen and oxygen atoms in total. The molecular weight excluding hydrogens is 346 g/mol. The number of methoxy groups -OCH3 is 1. The number of nitrogens with zero attached hydrogens (tertiary/aromatic N) is 1. The van der Waals surface area contributed by atoms with E-state index in [1.54, 1.807) is 17.9 Å². The molecule has 0 fully saturated rings. The fourth-order valence-electron chi connectivity index (χ4n) is 2.55. The molecule has 0 aromatic heterocycles. The summed E-state index contributed by atoms with van der Waals surface area (Å²) in [7, 11) is 1.32. The second kappa shape index (κ2) is 6.48. The van der Waals surface area contributed by atoms with Gasteiger partial charge in [0, 0.05) is 16.2 Å². The SMILES string of the molecule is COC(=O)C1=C(C)N(C(C)C)C(=O)/C1=C\c1ccc(Br)cc1. The van der Waals surface area contributed by atoms with Gasteiger partial charge in [0.15, 0.2) is 0 Å². The van der Waals surface area contributed by atoms with Crippen LogP contribution >= 0.6 is 15.9 Å². The van der Waals surface area contributed by atoms with Crippen molar-refractivity contribution in [1.29, 1.82) is 0 Å². The van der Waals surface area contributed by atoms with Crippen LogP contribution in [0.25, 0.3) is 6.08 Å². The Bertz CT molecular complexity index is 672. The third-order valence-corrected chi connectivity index (χ3v) is 4.06. The Kier molecular flexibility index (Phi) is 4.86. The number of rotatable bonds is 3. The summed E-state index contributed by atoms with van der Waals surface area (Å²) in [5.74, 6) is -0.659. The summed E-state index contributed by atoms with van der Waals surface area (Å²) in [6.07, 6.45) is 1.73. The molecule has 0 N–H and O–H groups in total. The van der Waals surface area contributed by atoms with Crippen LogP contribution in [0.3, 0.4) is 0 Å². The molecule has 5 heteroatoms. The molecule has 0 unspecified atom stereocenters. The lowest BCUT2D eigenvalue weighted by atomic mass is 10.0. The van der Waals surface area contributed by atoms with E-state index in [4.69, 9.17) is 4.74 Å². The van der Waals surface area contributed by atoms with E-state index >= 15 is 0 Å². The second-order valence-electron chi connectivity index (χ2n) is 5.33. The highest BCUT2D eigenvalue weighted by Crippen LogP contribution is 2.33. The van der Waals surface area contributed by atoms with Gasteiger partial charge in [-0.3, -0.25) is 4.79 Å². The van der Waals surface area contributed by atoms with Gasteiger partial charge in [0.05, 0.1) is 18.3 Å². The number of esters is 1. The van der Waals surface area contributed by atoms with E-state index in [0.29, 0.717) is 16.8 Å². The van der Waals surface area contributed by atoms with Crippen molar-refractivity contribution < 1.29 is 14.3 Å². The minimum atomic E-state index is -0.489. The number of hydrogen-bond acceptors (Lipinski definition) is 3. The first-order valence-corrected chi connectivity index (χ1v) is 7.76. The van der Waals surface area contributed by atoms with Crippen LogP contribution in [0.4, 0.5) is 0 Å². The Labute approximate surface area is 138 Å². The molecule has 22 heavy (non-hydrogen) atoms. The fourth-order valence-corrected chi connectivity index (χ4v) is 2.81. The average Bonchev–Trinajstić information content (AvgIpc) is 2.71. The first-order valence-electron chi connectivity index (χ1n) is 6.97. The van der Waals surface area contributed by atoms with Crippen molar-refractivity contribution in [2.75, 3.05) is 7.11 Å². The van der Waals surface area contributed by atoms with Crippen molar-refractivity contribution >= 4 is 33.9 Å². The van der Waals surface area contributed by atoms with Crippen molar-refractivity contribution in [3.63, 3.8) is 0 Å². The van der Waals surface area contributed by atoms with Gasteiger partial charge in [-0.2, -0.15) is 0 Å². The Balaban J connectivity index is 2.54. The lowest BCUT2D eigenvalue weighted by Crippen LogP contribution is -2.31. The van der Waals surface area contributed by atoms with E-state index in [1.807, 2.05) is 38.1 Å². The zero-order valence-corrected chi connectivity index (χ0v) is 14.6. The molecular formula is C17H18BrNO3. The largest absolute Gasteiger partial charge is 0.465 e. The summed E-state index contributed by atoms with van der Waals surface area (Å²) in [4.78, 5) is 26.4. The lowest BCUT2D eigenvalue weighted by Gasteiger charge is -2.22. The van der Waals surface area contributed by atoms with Crippen LogP contribution in [0.2, 0.25) is 0 Å². The molecule has 0 bridgehead atoms. The first kappa shape index (κ1) is 16.5. The van der Waals surface area contributed by atoms with Gasteiger partial charge in [-0.15, -0.1) is 0 Å². The fraction of sp³-hybridized carbons (Fsp3) is 0.294. The number of allylic oxidation sites excluding steroid dienone is 1. The van der Waals surface area contributed by atoms with E-state index in [1.165, 1.54) is 7.11 Å². The molecule has 0 aliphatic carbocycles. The summed E-state index contributed by atoms with van der Waals surface area (Å²) >= 11 is 3.38. The van der Waals surface area contributed by atoms with Crippen molar-refractivity contribution in [3.8, 4) is 0 Å². The van der Waals surface area contributed by atoms with E-state index in [-0.39, 0.29) is 11.9 Å². The van der Waals surface area contributed by atoms with Crippen LogP contribution < -0.4 is 0 Å². The highest BCUT2D eigenvalue weighted by molar-refractivity contribution is 9.10. The van der Waals surface area contributed by atoms with Crippen molar-refractivity contribution in [2.24, 2.45) is 0 Å². The molecule has 1 aliphatic rings. The van der Waals surface area contributed by atoms with Crippen LogP contribution in [-0.2, 0) is 14.3 Å². The van der Waals surface area contributed by atoms with Gasteiger partial charge in [0.25, 0.3) is 5.91 Å². The van der Waals surface area contributed by atoms with Gasteiger partial charge < -0.3 is 9.64 Å². The summed E-state index contributed by atoms with van der Waals surface area (Å²) in [6, 6.07) is 7.52. The summed E-state index contributed by atoms with van der Waals surface area (Å²) in [6.45, 7) is 5.60. The highest BCUT2D eigenvalue weighted by atomic mass is 79.9. The monoisotopic (exact) mass is 363 g/mol. The number of carbonyl (C=O) groups excluding carboxylic acids is 2. The van der Waals surface area contributed by atoms with Crippen LogP contribution in [0.5, 0.6) is 0 Å². The zero-order valence-electron chi connectivity index (χ0n) is 13.0. The van der Waals surface area contributed by atoms with Crippen molar-refractivity contribution in [3.05, 3.63) is 51.1 Å². The molecule has 1 amide bonds. The second-order valence-corrected chi connectivity index (χ2v) is 6.25. The summed E-state index contributed by atoms with van der Waals surface area (Å²) in [5.41, 5.74) is 2.20. The number of hydrogen-bond donors (Lipinski definition) is 0. The van der Waals surface area contributed by atoms with Gasteiger partial charge in [0.2, 0.25) is 0 Å². The smallest absolute Gasteiger partial charge is 0.340 e. The molecule has 0 saturated heterocycles. The first-order chi connectivity index (χ1) is 10.4. The van der Waals surface area contributed by atoms with Crippen LogP contribution in [0.1, 0.15) is 26.3 Å². The molecule has 0 saturated carbocycles. The predicted octanol–water partition coefficient (Wildman–Crippen LogP) is 3.53. The Morgan fingerprint density at radius 2 is 1.86 bits per heavy atom. The predicted molar refractivity (Wildman–Crippen MR) is 88.8 cm³/mol. The van der Waals surface area contributed by atoms with Crippen LogP contribution in [-0.4, -0.2) is 29.9 Å². The topological polar surface area (TPSA) is 46.6 Å². The van der Waals surface area contributed by atoms with Crippen LogP contribution in [0, 0.1) is 0 Å². The molecule has 1 aromatic carbocycles. The minimum absolute atomic E-state index is 0.0250. The maximum atomic E-state index is 12.7. The number of benzene rings is 1. The van der Waals surface area contributed by atoms with Gasteiger partial charge in [-0.1, -0.05) is 28.1 Å². The lowest BCUT2D eigenvalue weighted by molar-refractivity contribution is -0.136. The standard InChI is InChI=1S/C17H18BrNO3/c1-10(2)19-11(3)15(17(21)22-4)14(16(19)20)9-12-5-7-13(18)8-6-12/h5-10H,1-4H3/b14-9-. The number of amides is 1. The van der Waals surface area contributed by atoms with E-state index in [9.17, 15) is 9.59 Å². The normalized spacial score (nSPS) is 16.9. The quantitative estimate of drug-likeness (QED) is 0.609. The summed E-state index contributed by atoms with van der Waals surface area (Å²) < 4.78 is 5.80. The van der Waals surface area contributed by atoms with Crippen molar-refractivity contribution in [2.45, 2.75) is 26.8 Å². The molecule has 1 aromatic rings. The molecule has 2 rings (SSSR count). The maximum absolute atomic E-state index is 12.7. The Hall–Kier alpha value is -1.88. The Morgan fingerprint density at radius 1 is 1.27 bits per heavy atom. The third-order valence-electron chi connectivity index (χ3n) is 3.53. The minimum Gasteiger partial charge on any atom is -0.465 e. The number of carbonyl (C=O) groups is 2. The zero-order chi connectivity index (χ0) is 16.4. The van der Waals surface area contributed by atoms with E-state index in [2.05, 4.69) is 15.9 Å². The van der Waals surface area contributed by atoms with E-state index < -0.39 is 5.97 Å². The van der Waals surface area contributed by atoms with Crippen LogP contribution in [0.15, 0.2) is 45.6 Å². The maximum Gasteiger partial charge on any atom is 0.340 e. The number of ether oxygens (including phenoxy) is 1.